The van der Waals surface area contributed by atoms with Crippen molar-refractivity contribution in [2.75, 3.05) is 5.32 Å². The third-order valence-electron chi connectivity index (χ3n) is 2.10. The first kappa shape index (κ1) is 12.3. The molecule has 1 N–H and O–H groups in total. The highest BCUT2D eigenvalue weighted by atomic mass is 19.4. The summed E-state index contributed by atoms with van der Waals surface area (Å²) in [6.07, 6.45) is -3.18. The fourth-order valence-corrected chi connectivity index (χ4v) is 1.35. The molecule has 0 saturated heterocycles. The summed E-state index contributed by atoms with van der Waals surface area (Å²) in [5.74, 6) is 0.364. The van der Waals surface area contributed by atoms with Gasteiger partial charge in [0.05, 0.1) is 12.1 Å². The van der Waals surface area contributed by atoms with E-state index in [1.807, 2.05) is 0 Å². The fourth-order valence-electron chi connectivity index (χ4n) is 1.35. The normalized spacial score (nSPS) is 11.6. The highest BCUT2D eigenvalue weighted by Crippen LogP contribution is 2.33. The van der Waals surface area contributed by atoms with Gasteiger partial charge >= 0.3 is 6.18 Å². The Morgan fingerprint density at radius 1 is 1.39 bits per heavy atom. The average molecular weight is 258 g/mol. The van der Waals surface area contributed by atoms with E-state index in [0.29, 0.717) is 5.89 Å². The van der Waals surface area contributed by atoms with Gasteiger partial charge in [0, 0.05) is 13.1 Å². The number of alkyl halides is 3. The summed E-state index contributed by atoms with van der Waals surface area (Å²) in [4.78, 5) is 7.52. The lowest BCUT2D eigenvalue weighted by atomic mass is 10.2. The lowest BCUT2D eigenvalue weighted by molar-refractivity contribution is -0.137. The third-order valence-corrected chi connectivity index (χ3v) is 2.10. The van der Waals surface area contributed by atoms with E-state index in [9.17, 15) is 13.2 Å². The van der Waals surface area contributed by atoms with E-state index in [-0.39, 0.29) is 18.2 Å². The van der Waals surface area contributed by atoms with E-state index in [2.05, 4.69) is 20.4 Å². The van der Waals surface area contributed by atoms with Crippen LogP contribution in [0.25, 0.3) is 0 Å². The number of aromatic nitrogens is 3. The Hall–Kier alpha value is -2.12. The highest BCUT2D eigenvalue weighted by Gasteiger charge is 2.34. The SMILES string of the molecule is Cc1nc(CNc2ncccc2C(F)(F)F)no1. The molecule has 0 bridgehead atoms. The summed E-state index contributed by atoms with van der Waals surface area (Å²) in [5.41, 5.74) is -0.829. The summed E-state index contributed by atoms with van der Waals surface area (Å²) in [7, 11) is 0. The number of anilines is 1. The summed E-state index contributed by atoms with van der Waals surface area (Å²) in [6, 6.07) is 2.18. The molecule has 18 heavy (non-hydrogen) atoms. The van der Waals surface area contributed by atoms with Crippen molar-refractivity contribution < 1.29 is 17.7 Å². The van der Waals surface area contributed by atoms with E-state index in [0.717, 1.165) is 6.07 Å². The first-order valence-corrected chi connectivity index (χ1v) is 5.02. The van der Waals surface area contributed by atoms with Gasteiger partial charge in [-0.05, 0) is 12.1 Å². The second-order valence-electron chi connectivity index (χ2n) is 3.48. The molecule has 2 aromatic heterocycles. The van der Waals surface area contributed by atoms with Gasteiger partial charge in [0.1, 0.15) is 5.82 Å². The van der Waals surface area contributed by atoms with Crippen LogP contribution in [-0.4, -0.2) is 15.1 Å². The molecule has 0 amide bonds. The van der Waals surface area contributed by atoms with E-state index in [1.54, 1.807) is 6.92 Å². The highest BCUT2D eigenvalue weighted by molar-refractivity contribution is 5.45. The lowest BCUT2D eigenvalue weighted by Crippen LogP contribution is -2.12. The van der Waals surface area contributed by atoms with Gasteiger partial charge in [0.15, 0.2) is 5.82 Å². The minimum absolute atomic E-state index is 0.0113. The van der Waals surface area contributed by atoms with Gasteiger partial charge in [-0.2, -0.15) is 18.2 Å². The molecule has 5 nitrogen and oxygen atoms in total. The van der Waals surface area contributed by atoms with Crippen LogP contribution >= 0.6 is 0 Å². The number of nitrogens with zero attached hydrogens (tertiary/aromatic N) is 3. The molecule has 2 rings (SSSR count). The van der Waals surface area contributed by atoms with Crippen LogP contribution in [0, 0.1) is 6.92 Å². The molecule has 0 aliphatic heterocycles. The van der Waals surface area contributed by atoms with E-state index < -0.39 is 11.7 Å². The predicted molar refractivity (Wildman–Crippen MR) is 55.6 cm³/mol. The van der Waals surface area contributed by atoms with Gasteiger partial charge in [0.25, 0.3) is 0 Å². The van der Waals surface area contributed by atoms with Crippen molar-refractivity contribution in [2.24, 2.45) is 0 Å². The number of rotatable bonds is 3. The van der Waals surface area contributed by atoms with Crippen LogP contribution in [0.2, 0.25) is 0 Å². The summed E-state index contributed by atoms with van der Waals surface area (Å²) in [5, 5.41) is 6.10. The molecule has 0 spiro atoms. The van der Waals surface area contributed by atoms with E-state index in [1.165, 1.54) is 12.3 Å². The summed E-state index contributed by atoms with van der Waals surface area (Å²) >= 11 is 0. The van der Waals surface area contributed by atoms with Gasteiger partial charge in [0.2, 0.25) is 5.89 Å². The lowest BCUT2D eigenvalue weighted by Gasteiger charge is -2.11. The predicted octanol–water partition coefficient (Wildman–Crippen LogP) is 2.40. The number of pyridine rings is 1. The molecule has 0 aliphatic carbocycles. The van der Waals surface area contributed by atoms with Crippen LogP contribution in [0.5, 0.6) is 0 Å². The molecule has 96 valence electrons. The fraction of sp³-hybridized carbons (Fsp3) is 0.300. The number of hydrogen-bond acceptors (Lipinski definition) is 5. The summed E-state index contributed by atoms with van der Waals surface area (Å²) in [6.45, 7) is 1.61. The Morgan fingerprint density at radius 2 is 2.17 bits per heavy atom. The van der Waals surface area contributed by atoms with Crippen molar-refractivity contribution in [1.82, 2.24) is 15.1 Å². The van der Waals surface area contributed by atoms with Crippen LogP contribution < -0.4 is 5.32 Å². The molecule has 0 unspecified atom stereocenters. The van der Waals surface area contributed by atoms with Gasteiger partial charge < -0.3 is 9.84 Å². The summed E-state index contributed by atoms with van der Waals surface area (Å²) < 4.78 is 42.7. The zero-order chi connectivity index (χ0) is 13.2. The third kappa shape index (κ3) is 2.76. The second kappa shape index (κ2) is 4.63. The van der Waals surface area contributed by atoms with Crippen molar-refractivity contribution in [3.63, 3.8) is 0 Å². The molecular weight excluding hydrogens is 249 g/mol. The topological polar surface area (TPSA) is 63.8 Å². The second-order valence-corrected chi connectivity index (χ2v) is 3.48. The first-order chi connectivity index (χ1) is 8.47. The van der Waals surface area contributed by atoms with Crippen molar-refractivity contribution in [3.05, 3.63) is 35.6 Å². The number of nitrogens with one attached hydrogen (secondary N) is 1. The van der Waals surface area contributed by atoms with Gasteiger partial charge in [-0.15, -0.1) is 0 Å². The maximum absolute atomic E-state index is 12.6. The largest absolute Gasteiger partial charge is 0.419 e. The zero-order valence-corrected chi connectivity index (χ0v) is 9.32. The van der Waals surface area contributed by atoms with Crippen LogP contribution in [0.4, 0.5) is 19.0 Å². The van der Waals surface area contributed by atoms with Crippen LogP contribution in [0.3, 0.4) is 0 Å². The van der Waals surface area contributed by atoms with Gasteiger partial charge in [-0.25, -0.2) is 4.98 Å². The number of aryl methyl sites for hydroxylation is 1. The quantitative estimate of drug-likeness (QED) is 0.915. The van der Waals surface area contributed by atoms with Crippen LogP contribution in [0.1, 0.15) is 17.3 Å². The van der Waals surface area contributed by atoms with E-state index in [4.69, 9.17) is 4.52 Å². The molecule has 0 radical (unpaired) electrons. The standard InChI is InChI=1S/C10H9F3N4O/c1-6-16-8(17-18-6)5-15-9-7(10(11,12)13)3-2-4-14-9/h2-4H,5H2,1H3,(H,14,15). The van der Waals surface area contributed by atoms with Gasteiger partial charge in [-0.1, -0.05) is 5.16 Å². The molecular formula is C10H9F3N4O. The first-order valence-electron chi connectivity index (χ1n) is 5.02. The molecule has 0 aromatic carbocycles. The number of halogens is 3. The van der Waals surface area contributed by atoms with Gasteiger partial charge in [-0.3, -0.25) is 0 Å². The molecule has 8 heteroatoms. The molecule has 2 heterocycles. The van der Waals surface area contributed by atoms with Crippen LogP contribution in [0.15, 0.2) is 22.9 Å². The Kier molecular flexibility index (Phi) is 3.17. The molecule has 0 aliphatic rings. The Morgan fingerprint density at radius 3 is 2.78 bits per heavy atom. The maximum atomic E-state index is 12.6. The van der Waals surface area contributed by atoms with Crippen molar-refractivity contribution in [2.45, 2.75) is 19.6 Å². The monoisotopic (exact) mass is 258 g/mol. The van der Waals surface area contributed by atoms with Crippen molar-refractivity contribution in [1.29, 1.82) is 0 Å². The van der Waals surface area contributed by atoms with E-state index >= 15 is 0 Å². The van der Waals surface area contributed by atoms with Crippen molar-refractivity contribution in [3.8, 4) is 0 Å². The molecule has 0 fully saturated rings. The molecule has 2 aromatic rings. The number of hydrogen-bond donors (Lipinski definition) is 1. The zero-order valence-electron chi connectivity index (χ0n) is 9.32. The molecule has 0 saturated carbocycles. The van der Waals surface area contributed by atoms with Crippen LogP contribution in [-0.2, 0) is 12.7 Å². The Bertz CT molecular complexity index is 538. The minimum Gasteiger partial charge on any atom is -0.362 e. The average Bonchev–Trinajstić information content (AvgIpc) is 2.72. The smallest absolute Gasteiger partial charge is 0.362 e. The van der Waals surface area contributed by atoms with Crippen molar-refractivity contribution >= 4 is 5.82 Å². The maximum Gasteiger partial charge on any atom is 0.419 e. The Labute approximate surface area is 100 Å². The minimum atomic E-state index is -4.45. The molecule has 0 atom stereocenters. The Balaban J connectivity index is 2.14.